The number of carboxylic acids is 1. The zero-order valence-corrected chi connectivity index (χ0v) is 22.0. The average molecular weight is 513 g/mol. The smallest absolute Gasteiger partial charge is 0.326 e. The second-order valence-electron chi connectivity index (χ2n) is 8.81. The lowest BCUT2D eigenvalue weighted by molar-refractivity contribution is -0.144. The summed E-state index contributed by atoms with van der Waals surface area (Å²) in [6.45, 7) is 7.31. The molecule has 0 aliphatic carbocycles. The quantitative estimate of drug-likeness (QED) is 0.187. The summed E-state index contributed by atoms with van der Waals surface area (Å²) in [5.74, 6) is -2.63. The molecule has 0 fully saturated rings. The van der Waals surface area contributed by atoms with Crippen LogP contribution in [0.2, 0.25) is 0 Å². The molecule has 1 rings (SSSR count). The van der Waals surface area contributed by atoms with E-state index in [0.717, 1.165) is 0 Å². The van der Waals surface area contributed by atoms with Crippen molar-refractivity contribution in [1.29, 1.82) is 0 Å². The highest BCUT2D eigenvalue weighted by molar-refractivity contribution is 7.98. The summed E-state index contributed by atoms with van der Waals surface area (Å²) >= 11 is 1.50. The van der Waals surface area contributed by atoms with Gasteiger partial charge in [0.15, 0.2) is 0 Å². The van der Waals surface area contributed by atoms with Gasteiger partial charge in [0.05, 0.1) is 12.4 Å². The number of aliphatic carboxylic acids is 1. The molecule has 35 heavy (non-hydrogen) atoms. The number of nitrogens with two attached hydrogens (primary N) is 1. The molecule has 6 atom stereocenters. The highest BCUT2D eigenvalue weighted by atomic mass is 32.2. The van der Waals surface area contributed by atoms with Crippen LogP contribution in [0.25, 0.3) is 0 Å². The summed E-state index contributed by atoms with van der Waals surface area (Å²) in [5, 5.41) is 17.6. The Labute approximate surface area is 211 Å². The molecule has 1 aromatic rings. The molecule has 0 saturated heterocycles. The van der Waals surface area contributed by atoms with E-state index >= 15 is 0 Å². The number of nitrogens with one attached hydrogen (secondary N) is 4. The Morgan fingerprint density at radius 2 is 1.63 bits per heavy atom. The summed E-state index contributed by atoms with van der Waals surface area (Å²) in [7, 11) is 0. The Bertz CT molecular complexity index is 821. The van der Waals surface area contributed by atoms with Gasteiger partial charge in [0.2, 0.25) is 17.7 Å². The summed E-state index contributed by atoms with van der Waals surface area (Å²) in [5.41, 5.74) is 6.72. The van der Waals surface area contributed by atoms with E-state index in [9.17, 15) is 24.3 Å². The molecule has 1 heterocycles. The van der Waals surface area contributed by atoms with Gasteiger partial charge in [-0.05, 0) is 30.3 Å². The number of hydrogen-bond acceptors (Lipinski definition) is 7. The molecule has 0 aromatic carbocycles. The maximum Gasteiger partial charge on any atom is 0.326 e. The standard InChI is InChI=1S/C23H40N6O5S/c1-6-13(3)18(28-20(30)16(24)10-15-11-25-12-26-15)22(32)27-17(8-9-35-5)21(31)29-19(23(33)34)14(4)7-2/h11-14,16-19H,6-10,24H2,1-5H3,(H,25,26)(H,27,32)(H,28,30)(H,29,31)(H,33,34). The Balaban J connectivity index is 2.97. The third kappa shape index (κ3) is 9.88. The Kier molecular flexibility index (Phi) is 13.4. The van der Waals surface area contributed by atoms with Crippen LogP contribution in [-0.4, -0.2) is 74.9 Å². The van der Waals surface area contributed by atoms with Crippen molar-refractivity contribution in [3.63, 3.8) is 0 Å². The highest BCUT2D eigenvalue weighted by Crippen LogP contribution is 2.12. The SMILES string of the molecule is CCC(C)C(NC(=O)C(CCSC)NC(=O)C(NC(=O)C(N)Cc1cnc[nH]1)C(C)CC)C(=O)O. The molecule has 11 nitrogen and oxygen atoms in total. The number of carbonyl (C=O) groups is 4. The summed E-state index contributed by atoms with van der Waals surface area (Å²) in [4.78, 5) is 57.4. The Hall–Kier alpha value is -2.60. The van der Waals surface area contributed by atoms with Crippen molar-refractivity contribution in [3.8, 4) is 0 Å². The third-order valence-electron chi connectivity index (χ3n) is 6.15. The van der Waals surface area contributed by atoms with E-state index in [-0.39, 0.29) is 18.3 Å². The second kappa shape index (κ2) is 15.4. The van der Waals surface area contributed by atoms with Gasteiger partial charge >= 0.3 is 5.97 Å². The molecule has 7 N–H and O–H groups in total. The fourth-order valence-corrected chi connectivity index (χ4v) is 3.86. The fourth-order valence-electron chi connectivity index (χ4n) is 3.39. The Morgan fingerprint density at radius 3 is 2.14 bits per heavy atom. The number of aromatic nitrogens is 2. The minimum atomic E-state index is -1.13. The van der Waals surface area contributed by atoms with Gasteiger partial charge in [-0.25, -0.2) is 9.78 Å². The first kappa shape index (κ1) is 30.4. The van der Waals surface area contributed by atoms with Crippen molar-refractivity contribution in [2.24, 2.45) is 17.6 Å². The van der Waals surface area contributed by atoms with Crippen LogP contribution in [0.15, 0.2) is 12.5 Å². The predicted octanol–water partition coefficient (Wildman–Crippen LogP) is 0.664. The normalized spacial score (nSPS) is 16.3. The van der Waals surface area contributed by atoms with Gasteiger partial charge in [0.25, 0.3) is 0 Å². The minimum absolute atomic E-state index is 0.227. The minimum Gasteiger partial charge on any atom is -0.480 e. The van der Waals surface area contributed by atoms with E-state index in [4.69, 9.17) is 5.73 Å². The predicted molar refractivity (Wildman–Crippen MR) is 136 cm³/mol. The van der Waals surface area contributed by atoms with Crippen molar-refractivity contribution >= 4 is 35.5 Å². The van der Waals surface area contributed by atoms with E-state index in [2.05, 4.69) is 25.9 Å². The van der Waals surface area contributed by atoms with Gasteiger partial charge in [0, 0.05) is 18.3 Å². The summed E-state index contributed by atoms with van der Waals surface area (Å²) < 4.78 is 0. The van der Waals surface area contributed by atoms with Crippen LogP contribution in [-0.2, 0) is 25.6 Å². The van der Waals surface area contributed by atoms with Crippen molar-refractivity contribution < 1.29 is 24.3 Å². The van der Waals surface area contributed by atoms with Crippen LogP contribution in [0.4, 0.5) is 0 Å². The largest absolute Gasteiger partial charge is 0.480 e. The van der Waals surface area contributed by atoms with Gasteiger partial charge in [-0.1, -0.05) is 40.5 Å². The molecule has 0 aliphatic heterocycles. The van der Waals surface area contributed by atoms with Crippen LogP contribution in [0.3, 0.4) is 0 Å². The fraction of sp³-hybridized carbons (Fsp3) is 0.696. The molecule has 198 valence electrons. The average Bonchev–Trinajstić information content (AvgIpc) is 3.34. The lowest BCUT2D eigenvalue weighted by atomic mass is 9.96. The van der Waals surface area contributed by atoms with Crippen LogP contribution < -0.4 is 21.7 Å². The topological polar surface area (TPSA) is 179 Å². The lowest BCUT2D eigenvalue weighted by Crippen LogP contribution is -2.59. The maximum absolute atomic E-state index is 13.2. The molecule has 1 aromatic heterocycles. The zero-order chi connectivity index (χ0) is 26.5. The molecular weight excluding hydrogens is 472 g/mol. The molecule has 0 spiro atoms. The first-order valence-electron chi connectivity index (χ1n) is 11.9. The van der Waals surface area contributed by atoms with E-state index < -0.39 is 47.9 Å². The zero-order valence-electron chi connectivity index (χ0n) is 21.2. The van der Waals surface area contributed by atoms with Crippen molar-refractivity contribution in [1.82, 2.24) is 25.9 Å². The number of H-pyrrole nitrogens is 1. The highest BCUT2D eigenvalue weighted by Gasteiger charge is 2.33. The lowest BCUT2D eigenvalue weighted by Gasteiger charge is -2.28. The van der Waals surface area contributed by atoms with Gasteiger partial charge < -0.3 is 31.8 Å². The number of imidazole rings is 1. The number of hydrogen-bond donors (Lipinski definition) is 6. The first-order chi connectivity index (χ1) is 16.5. The molecule has 3 amide bonds. The van der Waals surface area contributed by atoms with Crippen LogP contribution in [0, 0.1) is 11.8 Å². The molecule has 6 unspecified atom stereocenters. The number of thioether (sulfide) groups is 1. The van der Waals surface area contributed by atoms with Gasteiger partial charge in [-0.15, -0.1) is 0 Å². The second-order valence-corrected chi connectivity index (χ2v) is 9.80. The number of aromatic amines is 1. The van der Waals surface area contributed by atoms with Crippen molar-refractivity contribution in [2.75, 3.05) is 12.0 Å². The van der Waals surface area contributed by atoms with Gasteiger partial charge in [-0.2, -0.15) is 11.8 Å². The third-order valence-corrected chi connectivity index (χ3v) is 6.79. The Morgan fingerprint density at radius 1 is 1.03 bits per heavy atom. The number of nitrogens with zero attached hydrogens (tertiary/aromatic N) is 1. The first-order valence-corrected chi connectivity index (χ1v) is 13.3. The number of amides is 3. The van der Waals surface area contributed by atoms with E-state index in [1.165, 1.54) is 18.1 Å². The molecule has 0 aliphatic rings. The molecule has 0 bridgehead atoms. The maximum atomic E-state index is 13.2. The van der Waals surface area contributed by atoms with Crippen molar-refractivity contribution in [3.05, 3.63) is 18.2 Å². The van der Waals surface area contributed by atoms with Crippen molar-refractivity contribution in [2.45, 2.75) is 77.5 Å². The number of carbonyl (C=O) groups excluding carboxylic acids is 3. The van der Waals surface area contributed by atoms with Crippen LogP contribution >= 0.6 is 11.8 Å². The molecule has 12 heteroatoms. The van der Waals surface area contributed by atoms with E-state index in [1.807, 2.05) is 27.0 Å². The summed E-state index contributed by atoms with van der Waals surface area (Å²) in [6.07, 6.45) is 6.65. The summed E-state index contributed by atoms with van der Waals surface area (Å²) in [6, 6.07) is -3.80. The monoisotopic (exact) mass is 512 g/mol. The molecule has 0 saturated carbocycles. The van der Waals surface area contributed by atoms with Gasteiger partial charge in [0.1, 0.15) is 18.1 Å². The molecule has 0 radical (unpaired) electrons. The number of carboxylic acid groups (broad SMARTS) is 1. The van der Waals surface area contributed by atoms with E-state index in [1.54, 1.807) is 13.1 Å². The number of rotatable bonds is 16. The van der Waals surface area contributed by atoms with Crippen LogP contribution in [0.5, 0.6) is 0 Å². The molecular formula is C23H40N6O5S. The van der Waals surface area contributed by atoms with Crippen LogP contribution in [0.1, 0.15) is 52.7 Å². The van der Waals surface area contributed by atoms with E-state index in [0.29, 0.717) is 30.7 Å². The van der Waals surface area contributed by atoms with Gasteiger partial charge in [-0.3, -0.25) is 14.4 Å².